The quantitative estimate of drug-likeness (QED) is 0.652. The number of benzene rings is 1. The number of hydrogen-bond acceptors (Lipinski definition) is 0. The minimum absolute atomic E-state index is 0.427. The monoisotopic (exact) mass is 270 g/mol. The Bertz CT molecular complexity index is 403. The van der Waals surface area contributed by atoms with Crippen molar-refractivity contribution in [2.45, 2.75) is 51.6 Å². The highest BCUT2D eigenvalue weighted by Crippen LogP contribution is 2.42. The summed E-state index contributed by atoms with van der Waals surface area (Å²) in [5.74, 6) is 1.62. The molecule has 19 heavy (non-hydrogen) atoms. The summed E-state index contributed by atoms with van der Waals surface area (Å²) in [6, 6.07) is 5.80. The molecule has 1 fully saturated rings. The van der Waals surface area contributed by atoms with Crippen molar-refractivity contribution >= 4 is 0 Å². The van der Waals surface area contributed by atoms with Gasteiger partial charge in [0.25, 0.3) is 0 Å². The van der Waals surface area contributed by atoms with Gasteiger partial charge in [0.2, 0.25) is 0 Å². The van der Waals surface area contributed by atoms with E-state index in [9.17, 15) is 13.2 Å². The summed E-state index contributed by atoms with van der Waals surface area (Å²) in [7, 11) is 0. The topological polar surface area (TPSA) is 0 Å². The van der Waals surface area contributed by atoms with E-state index in [1.54, 1.807) is 12.1 Å². The van der Waals surface area contributed by atoms with E-state index in [0.717, 1.165) is 12.0 Å². The first-order valence-corrected chi connectivity index (χ1v) is 7.06. The Morgan fingerprint density at radius 2 is 1.58 bits per heavy atom. The molecule has 1 saturated carbocycles. The maximum atomic E-state index is 12.6. The molecule has 0 bridgehead atoms. The smallest absolute Gasteiger partial charge is 0.166 e. The predicted molar refractivity (Wildman–Crippen MR) is 71.0 cm³/mol. The molecule has 1 aliphatic carbocycles. The zero-order valence-electron chi connectivity index (χ0n) is 11.5. The third kappa shape index (κ3) is 3.31. The molecule has 1 aromatic rings. The van der Waals surface area contributed by atoms with Gasteiger partial charge in [-0.25, -0.2) is 0 Å². The van der Waals surface area contributed by atoms with Crippen molar-refractivity contribution in [2.75, 3.05) is 0 Å². The molecule has 0 radical (unpaired) electrons. The van der Waals surface area contributed by atoms with Crippen molar-refractivity contribution in [3.63, 3.8) is 0 Å². The molecule has 2 rings (SSSR count). The van der Waals surface area contributed by atoms with Crippen molar-refractivity contribution in [3.8, 4) is 0 Å². The molecule has 2 atom stereocenters. The fourth-order valence-electron chi connectivity index (χ4n) is 3.29. The molecule has 0 nitrogen and oxygen atoms in total. The first-order chi connectivity index (χ1) is 8.89. The van der Waals surface area contributed by atoms with Gasteiger partial charge in [0.05, 0.1) is 5.56 Å². The van der Waals surface area contributed by atoms with Gasteiger partial charge < -0.3 is 0 Å². The Kier molecular flexibility index (Phi) is 4.22. The highest BCUT2D eigenvalue weighted by atomic mass is 19.4. The van der Waals surface area contributed by atoms with Crippen molar-refractivity contribution in [3.05, 3.63) is 35.4 Å². The molecule has 0 N–H and O–H groups in total. The maximum absolute atomic E-state index is 12.6. The van der Waals surface area contributed by atoms with Crippen molar-refractivity contribution < 1.29 is 13.2 Å². The largest absolute Gasteiger partial charge is 0.416 e. The lowest BCUT2D eigenvalue weighted by Gasteiger charge is -2.34. The Labute approximate surface area is 113 Å². The van der Waals surface area contributed by atoms with Crippen molar-refractivity contribution in [2.24, 2.45) is 11.8 Å². The molecule has 1 aliphatic rings. The van der Waals surface area contributed by atoms with E-state index < -0.39 is 11.7 Å². The van der Waals surface area contributed by atoms with Crippen LogP contribution in [0.5, 0.6) is 0 Å². The minimum Gasteiger partial charge on any atom is -0.166 e. The maximum Gasteiger partial charge on any atom is 0.416 e. The number of hydrogen-bond donors (Lipinski definition) is 0. The molecule has 0 aromatic heterocycles. The molecule has 0 saturated heterocycles. The number of rotatable bonds is 2. The van der Waals surface area contributed by atoms with Gasteiger partial charge in [-0.05, 0) is 48.3 Å². The van der Waals surface area contributed by atoms with Crippen LogP contribution in [0.1, 0.15) is 56.6 Å². The van der Waals surface area contributed by atoms with E-state index in [4.69, 9.17) is 0 Å². The van der Waals surface area contributed by atoms with Crippen LogP contribution in [-0.2, 0) is 6.18 Å². The van der Waals surface area contributed by atoms with Gasteiger partial charge in [-0.2, -0.15) is 13.2 Å². The van der Waals surface area contributed by atoms with Crippen LogP contribution in [0.15, 0.2) is 24.3 Å². The van der Waals surface area contributed by atoms with Gasteiger partial charge in [-0.15, -0.1) is 0 Å². The summed E-state index contributed by atoms with van der Waals surface area (Å²) in [6.07, 6.45) is 0.509. The highest BCUT2D eigenvalue weighted by Gasteiger charge is 2.32. The van der Waals surface area contributed by atoms with Crippen LogP contribution >= 0.6 is 0 Å². The van der Waals surface area contributed by atoms with Crippen LogP contribution in [0.25, 0.3) is 0 Å². The molecule has 2 unspecified atom stereocenters. The van der Waals surface area contributed by atoms with Crippen LogP contribution in [-0.4, -0.2) is 0 Å². The zero-order chi connectivity index (χ0) is 14.0. The van der Waals surface area contributed by atoms with Gasteiger partial charge >= 0.3 is 6.18 Å². The van der Waals surface area contributed by atoms with E-state index >= 15 is 0 Å². The first kappa shape index (κ1) is 14.4. The van der Waals surface area contributed by atoms with Crippen LogP contribution in [0.4, 0.5) is 13.2 Å². The Morgan fingerprint density at radius 3 is 2.11 bits per heavy atom. The van der Waals surface area contributed by atoms with E-state index in [-0.39, 0.29) is 0 Å². The molecular formula is C16H21F3. The lowest BCUT2D eigenvalue weighted by molar-refractivity contribution is -0.137. The van der Waals surface area contributed by atoms with Gasteiger partial charge in [0.15, 0.2) is 0 Å². The summed E-state index contributed by atoms with van der Waals surface area (Å²) in [5.41, 5.74) is 0.527. The lowest BCUT2D eigenvalue weighted by Crippen LogP contribution is -2.22. The van der Waals surface area contributed by atoms with E-state index in [2.05, 4.69) is 13.8 Å². The summed E-state index contributed by atoms with van der Waals surface area (Å²) in [6.45, 7) is 4.43. The normalized spacial score (nSPS) is 24.7. The molecular weight excluding hydrogens is 249 g/mol. The highest BCUT2D eigenvalue weighted by molar-refractivity contribution is 5.28. The second kappa shape index (κ2) is 5.56. The summed E-state index contributed by atoms with van der Waals surface area (Å²) in [4.78, 5) is 0. The average molecular weight is 270 g/mol. The van der Waals surface area contributed by atoms with Crippen molar-refractivity contribution in [1.29, 1.82) is 0 Å². The molecule has 0 amide bonds. The number of halogens is 3. The summed E-state index contributed by atoms with van der Waals surface area (Å²) < 4.78 is 37.7. The van der Waals surface area contributed by atoms with E-state index in [1.165, 1.54) is 31.4 Å². The Morgan fingerprint density at radius 1 is 1.00 bits per heavy atom. The zero-order valence-corrected chi connectivity index (χ0v) is 11.5. The lowest BCUT2D eigenvalue weighted by atomic mass is 9.70. The summed E-state index contributed by atoms with van der Waals surface area (Å²) >= 11 is 0. The Balaban J connectivity index is 2.20. The first-order valence-electron chi connectivity index (χ1n) is 7.06. The Hall–Kier alpha value is -0.990. The van der Waals surface area contributed by atoms with Crippen LogP contribution in [0.2, 0.25) is 0 Å². The molecule has 106 valence electrons. The van der Waals surface area contributed by atoms with E-state index in [0.29, 0.717) is 17.8 Å². The molecule has 3 heteroatoms. The molecule has 0 heterocycles. The van der Waals surface area contributed by atoms with Gasteiger partial charge in [0, 0.05) is 0 Å². The van der Waals surface area contributed by atoms with Crippen molar-refractivity contribution in [1.82, 2.24) is 0 Å². The third-order valence-corrected chi connectivity index (χ3v) is 4.34. The molecule has 1 aromatic carbocycles. The molecule has 0 aliphatic heterocycles. The van der Waals surface area contributed by atoms with Crippen LogP contribution in [0, 0.1) is 11.8 Å². The van der Waals surface area contributed by atoms with Crippen LogP contribution in [0.3, 0.4) is 0 Å². The van der Waals surface area contributed by atoms with Gasteiger partial charge in [-0.3, -0.25) is 0 Å². The average Bonchev–Trinajstić information content (AvgIpc) is 2.38. The SMILES string of the molecule is CC(C)C1CCCCC1c1ccc(C(F)(F)F)cc1. The minimum atomic E-state index is -4.23. The number of alkyl halides is 3. The van der Waals surface area contributed by atoms with Crippen LogP contribution < -0.4 is 0 Å². The fraction of sp³-hybridized carbons (Fsp3) is 0.625. The third-order valence-electron chi connectivity index (χ3n) is 4.34. The second-order valence-electron chi connectivity index (χ2n) is 5.92. The van der Waals surface area contributed by atoms with E-state index in [1.807, 2.05) is 0 Å². The van der Waals surface area contributed by atoms with Gasteiger partial charge in [-0.1, -0.05) is 38.8 Å². The predicted octanol–water partition coefficient (Wildman–Crippen LogP) is 5.64. The summed E-state index contributed by atoms with van der Waals surface area (Å²) in [5, 5.41) is 0. The molecule has 0 spiro atoms. The van der Waals surface area contributed by atoms with Gasteiger partial charge in [0.1, 0.15) is 0 Å². The second-order valence-corrected chi connectivity index (χ2v) is 5.92. The standard InChI is InChI=1S/C16H21F3/c1-11(2)14-5-3-4-6-15(14)12-7-9-13(10-8-12)16(17,18)19/h7-11,14-15H,3-6H2,1-2H3. The fourth-order valence-corrected chi connectivity index (χ4v) is 3.29.